The first-order valence-corrected chi connectivity index (χ1v) is 9.07. The largest absolute Gasteiger partial charge is 0.497 e. The van der Waals surface area contributed by atoms with E-state index in [1.165, 1.54) is 11.3 Å². The summed E-state index contributed by atoms with van der Waals surface area (Å²) in [5.41, 5.74) is 1.95. The van der Waals surface area contributed by atoms with E-state index in [4.69, 9.17) is 16.3 Å². The Bertz CT molecular complexity index is 900. The minimum atomic E-state index is 0.0492. The Morgan fingerprint density at radius 1 is 1.40 bits per heavy atom. The molecule has 0 unspecified atom stereocenters. The van der Waals surface area contributed by atoms with Crippen molar-refractivity contribution in [3.8, 4) is 5.75 Å². The zero-order chi connectivity index (χ0) is 17.8. The molecule has 130 valence electrons. The van der Waals surface area contributed by atoms with Crippen LogP contribution in [0.5, 0.6) is 5.75 Å². The Kier molecular flexibility index (Phi) is 5.46. The van der Waals surface area contributed by atoms with Gasteiger partial charge in [0.25, 0.3) is 0 Å². The van der Waals surface area contributed by atoms with Crippen LogP contribution in [0.2, 0.25) is 4.34 Å². The van der Waals surface area contributed by atoms with Gasteiger partial charge in [0.1, 0.15) is 5.75 Å². The fourth-order valence-electron chi connectivity index (χ4n) is 2.74. The highest BCUT2D eigenvalue weighted by atomic mass is 35.5. The molecular weight excluding hydrogens is 356 g/mol. The molecule has 0 aliphatic rings. The van der Waals surface area contributed by atoms with Gasteiger partial charge in [-0.2, -0.15) is 0 Å². The fourth-order valence-corrected chi connectivity index (χ4v) is 3.84. The third-order valence-electron chi connectivity index (χ3n) is 3.99. The number of methoxy groups -OCH3 is 1. The quantitative estimate of drug-likeness (QED) is 0.612. The molecule has 6 heteroatoms. The normalized spacial score (nSPS) is 10.8. The van der Waals surface area contributed by atoms with E-state index in [1.807, 2.05) is 36.5 Å². The van der Waals surface area contributed by atoms with Gasteiger partial charge in [0.15, 0.2) is 0 Å². The number of carbonyl (C=O) groups is 1. The number of amides is 1. The number of hydrogen-bond acceptors (Lipinski definition) is 3. The van der Waals surface area contributed by atoms with E-state index in [1.54, 1.807) is 18.1 Å². The molecule has 4 nitrogen and oxygen atoms in total. The molecule has 0 aliphatic carbocycles. The van der Waals surface area contributed by atoms with Gasteiger partial charge in [-0.05, 0) is 35.9 Å². The summed E-state index contributed by atoms with van der Waals surface area (Å²) in [6, 6.07) is 9.61. The number of nitrogens with one attached hydrogen (secondary N) is 1. The van der Waals surface area contributed by atoms with Gasteiger partial charge >= 0.3 is 0 Å². The predicted octanol–water partition coefficient (Wildman–Crippen LogP) is 4.65. The molecule has 1 aromatic carbocycles. The second-order valence-corrected chi connectivity index (χ2v) is 7.47. The van der Waals surface area contributed by atoms with Crippen LogP contribution in [0.1, 0.15) is 10.4 Å². The number of rotatable bonds is 7. The van der Waals surface area contributed by atoms with Crippen LogP contribution >= 0.6 is 22.9 Å². The standard InChI is InChI=1S/C19H19ClN2O2S/c1-3-8-22(12-15-5-7-18(20)25-15)19(23)9-13-11-21-17-6-4-14(24-2)10-16(13)17/h3-7,10-11,21H,1,8-9,12H2,2H3. The van der Waals surface area contributed by atoms with Crippen molar-refractivity contribution in [2.75, 3.05) is 13.7 Å². The van der Waals surface area contributed by atoms with E-state index in [2.05, 4.69) is 11.6 Å². The number of benzene rings is 1. The predicted molar refractivity (Wildman–Crippen MR) is 103 cm³/mol. The van der Waals surface area contributed by atoms with Crippen molar-refractivity contribution >= 4 is 39.7 Å². The first kappa shape index (κ1) is 17.6. The SMILES string of the molecule is C=CCN(Cc1ccc(Cl)s1)C(=O)Cc1c[nH]c2ccc(OC)cc12. The first-order chi connectivity index (χ1) is 12.1. The van der Waals surface area contributed by atoms with Crippen LogP contribution < -0.4 is 4.74 Å². The molecule has 1 amide bonds. The molecule has 3 aromatic rings. The summed E-state index contributed by atoms with van der Waals surface area (Å²) in [6.07, 6.45) is 3.95. The lowest BCUT2D eigenvalue weighted by atomic mass is 10.1. The fraction of sp³-hybridized carbons (Fsp3) is 0.211. The molecule has 0 saturated heterocycles. The second-order valence-electron chi connectivity index (χ2n) is 5.67. The molecule has 2 aromatic heterocycles. The van der Waals surface area contributed by atoms with E-state index < -0.39 is 0 Å². The summed E-state index contributed by atoms with van der Waals surface area (Å²) in [5.74, 6) is 0.824. The Balaban J connectivity index is 1.79. The summed E-state index contributed by atoms with van der Waals surface area (Å²) in [4.78, 5) is 18.9. The van der Waals surface area contributed by atoms with Gasteiger partial charge < -0.3 is 14.6 Å². The number of ether oxygens (including phenoxy) is 1. The lowest BCUT2D eigenvalue weighted by molar-refractivity contribution is -0.130. The number of carbonyl (C=O) groups excluding carboxylic acids is 1. The highest BCUT2D eigenvalue weighted by Crippen LogP contribution is 2.26. The number of nitrogens with zero attached hydrogens (tertiary/aromatic N) is 1. The van der Waals surface area contributed by atoms with Crippen LogP contribution in [0.4, 0.5) is 0 Å². The topological polar surface area (TPSA) is 45.3 Å². The smallest absolute Gasteiger partial charge is 0.227 e. The molecule has 0 aliphatic heterocycles. The van der Waals surface area contributed by atoms with E-state index in [9.17, 15) is 4.79 Å². The number of aromatic nitrogens is 1. The molecule has 3 rings (SSSR count). The molecule has 1 N–H and O–H groups in total. The van der Waals surface area contributed by atoms with E-state index in [0.29, 0.717) is 19.5 Å². The lowest BCUT2D eigenvalue weighted by Gasteiger charge is -2.20. The maximum Gasteiger partial charge on any atom is 0.227 e. The van der Waals surface area contributed by atoms with Crippen LogP contribution in [0, 0.1) is 0 Å². The molecule has 0 saturated carbocycles. The number of thiophene rings is 1. The monoisotopic (exact) mass is 374 g/mol. The first-order valence-electron chi connectivity index (χ1n) is 7.87. The van der Waals surface area contributed by atoms with E-state index in [0.717, 1.165) is 31.4 Å². The molecule has 0 spiro atoms. The van der Waals surface area contributed by atoms with Crippen LogP contribution in [-0.4, -0.2) is 29.4 Å². The molecule has 0 bridgehead atoms. The average molecular weight is 375 g/mol. The van der Waals surface area contributed by atoms with Crippen LogP contribution in [0.3, 0.4) is 0 Å². The van der Waals surface area contributed by atoms with Gasteiger partial charge in [-0.25, -0.2) is 0 Å². The summed E-state index contributed by atoms with van der Waals surface area (Å²) in [7, 11) is 1.64. The van der Waals surface area contributed by atoms with Gasteiger partial charge in [-0.15, -0.1) is 17.9 Å². The van der Waals surface area contributed by atoms with Crippen molar-refractivity contribution in [2.45, 2.75) is 13.0 Å². The zero-order valence-corrected chi connectivity index (χ0v) is 15.5. The zero-order valence-electron chi connectivity index (χ0n) is 13.9. The van der Waals surface area contributed by atoms with E-state index >= 15 is 0 Å². The Labute approximate surface area is 155 Å². The van der Waals surface area contributed by atoms with Crippen molar-refractivity contribution in [3.63, 3.8) is 0 Å². The number of hydrogen-bond donors (Lipinski definition) is 1. The molecule has 0 atom stereocenters. The summed E-state index contributed by atoms with van der Waals surface area (Å²) in [5, 5.41) is 1.01. The number of aromatic amines is 1. The lowest BCUT2D eigenvalue weighted by Crippen LogP contribution is -2.31. The third kappa shape index (κ3) is 4.06. The maximum atomic E-state index is 12.8. The van der Waals surface area contributed by atoms with Crippen molar-refractivity contribution in [1.82, 2.24) is 9.88 Å². The van der Waals surface area contributed by atoms with Crippen LogP contribution in [-0.2, 0) is 17.8 Å². The highest BCUT2D eigenvalue weighted by molar-refractivity contribution is 7.16. The molecule has 0 fully saturated rings. The Hall–Kier alpha value is -2.24. The Morgan fingerprint density at radius 3 is 2.92 bits per heavy atom. The molecule has 2 heterocycles. The maximum absolute atomic E-state index is 12.8. The minimum Gasteiger partial charge on any atom is -0.497 e. The number of fused-ring (bicyclic) bond motifs is 1. The van der Waals surface area contributed by atoms with Crippen molar-refractivity contribution in [1.29, 1.82) is 0 Å². The molecule has 25 heavy (non-hydrogen) atoms. The summed E-state index contributed by atoms with van der Waals surface area (Å²) in [6.45, 7) is 4.80. The van der Waals surface area contributed by atoms with Crippen molar-refractivity contribution < 1.29 is 9.53 Å². The summed E-state index contributed by atoms with van der Waals surface area (Å²) >= 11 is 7.48. The van der Waals surface area contributed by atoms with Crippen LogP contribution in [0.15, 0.2) is 49.2 Å². The van der Waals surface area contributed by atoms with Gasteiger partial charge in [0, 0.05) is 28.5 Å². The third-order valence-corrected chi connectivity index (χ3v) is 5.21. The van der Waals surface area contributed by atoms with Crippen molar-refractivity contribution in [3.05, 3.63) is 64.0 Å². The molecule has 0 radical (unpaired) electrons. The van der Waals surface area contributed by atoms with Crippen LogP contribution in [0.25, 0.3) is 10.9 Å². The number of halogens is 1. The van der Waals surface area contributed by atoms with E-state index in [-0.39, 0.29) is 5.91 Å². The van der Waals surface area contributed by atoms with Crippen molar-refractivity contribution in [2.24, 2.45) is 0 Å². The number of H-pyrrole nitrogens is 1. The summed E-state index contributed by atoms with van der Waals surface area (Å²) < 4.78 is 6.01. The molecular formula is C19H19ClN2O2S. The van der Waals surface area contributed by atoms with Gasteiger partial charge in [0.2, 0.25) is 5.91 Å². The average Bonchev–Trinajstić information content (AvgIpc) is 3.20. The Morgan fingerprint density at radius 2 is 2.24 bits per heavy atom. The van der Waals surface area contributed by atoms with Gasteiger partial charge in [-0.3, -0.25) is 4.79 Å². The van der Waals surface area contributed by atoms with Gasteiger partial charge in [0.05, 0.1) is 24.4 Å². The highest BCUT2D eigenvalue weighted by Gasteiger charge is 2.16. The second kappa shape index (κ2) is 7.76. The van der Waals surface area contributed by atoms with Gasteiger partial charge in [-0.1, -0.05) is 17.7 Å². The minimum absolute atomic E-state index is 0.0492.